The number of nitrogens with two attached hydrogens (primary N) is 1. The number of anilines is 3. The Kier molecular flexibility index (Phi) is 6.44. The van der Waals surface area contributed by atoms with Crippen molar-refractivity contribution in [1.29, 1.82) is 0 Å². The number of amides is 1. The predicted octanol–water partition coefficient (Wildman–Crippen LogP) is 2.25. The molecule has 1 aromatic heterocycles. The van der Waals surface area contributed by atoms with Crippen molar-refractivity contribution in [3.05, 3.63) is 41.6 Å². The first-order valence-corrected chi connectivity index (χ1v) is 10.8. The lowest BCUT2D eigenvalue weighted by Crippen LogP contribution is -2.47. The first-order chi connectivity index (χ1) is 14.6. The van der Waals surface area contributed by atoms with Crippen molar-refractivity contribution in [2.75, 3.05) is 56.9 Å². The molecule has 30 heavy (non-hydrogen) atoms. The molecule has 2 aliphatic rings. The molecule has 0 spiro atoms. The summed E-state index contributed by atoms with van der Waals surface area (Å²) in [6.07, 6.45) is 5.20. The van der Waals surface area contributed by atoms with E-state index in [1.165, 1.54) is 18.4 Å². The third-order valence-electron chi connectivity index (χ3n) is 5.66. The quantitative estimate of drug-likeness (QED) is 0.575. The van der Waals surface area contributed by atoms with Crippen molar-refractivity contribution in [1.82, 2.24) is 19.8 Å². The Labute approximate surface area is 177 Å². The fourth-order valence-corrected chi connectivity index (χ4v) is 3.65. The number of nitrogens with one attached hydrogen (secondary N) is 2. The summed E-state index contributed by atoms with van der Waals surface area (Å²) in [6, 6.07) is 7.56. The van der Waals surface area contributed by atoms with Crippen molar-refractivity contribution in [2.45, 2.75) is 25.2 Å². The molecule has 1 aliphatic carbocycles. The molecule has 1 aliphatic heterocycles. The van der Waals surface area contributed by atoms with Crippen LogP contribution >= 0.6 is 0 Å². The zero-order valence-electron chi connectivity index (χ0n) is 17.6. The zero-order valence-corrected chi connectivity index (χ0v) is 17.6. The molecule has 0 atom stereocenters. The van der Waals surface area contributed by atoms with Crippen LogP contribution in [0.5, 0.6) is 0 Å². The standard InChI is InChI=1S/C22H31N7O/c1-28-10-12-29(13-11-28)21(30)17-4-2-5-18(14-17)26-22-25-15-19(16-6-7-16)20(27-22)24-9-3-8-23/h2,4-5,14-16H,3,6-13,23H2,1H3,(H2,24,25,26,27). The lowest BCUT2D eigenvalue weighted by molar-refractivity contribution is 0.0664. The van der Waals surface area contributed by atoms with Crippen LogP contribution in [0.15, 0.2) is 30.5 Å². The highest BCUT2D eigenvalue weighted by atomic mass is 16.2. The first kappa shape index (κ1) is 20.6. The van der Waals surface area contributed by atoms with Crippen LogP contribution in [0, 0.1) is 0 Å². The Morgan fingerprint density at radius 2 is 2.03 bits per heavy atom. The number of carbonyl (C=O) groups is 1. The average Bonchev–Trinajstić information content (AvgIpc) is 3.60. The number of hydrogen-bond acceptors (Lipinski definition) is 7. The van der Waals surface area contributed by atoms with Crippen molar-refractivity contribution in [2.24, 2.45) is 5.73 Å². The van der Waals surface area contributed by atoms with E-state index in [0.29, 0.717) is 24.0 Å². The van der Waals surface area contributed by atoms with Crippen molar-refractivity contribution >= 4 is 23.4 Å². The number of aromatic nitrogens is 2. The van der Waals surface area contributed by atoms with E-state index in [-0.39, 0.29) is 5.91 Å². The van der Waals surface area contributed by atoms with E-state index in [4.69, 9.17) is 10.7 Å². The van der Waals surface area contributed by atoms with E-state index in [1.807, 2.05) is 35.4 Å². The third-order valence-corrected chi connectivity index (χ3v) is 5.66. The zero-order chi connectivity index (χ0) is 20.9. The van der Waals surface area contributed by atoms with Gasteiger partial charge >= 0.3 is 0 Å². The van der Waals surface area contributed by atoms with Gasteiger partial charge in [-0.3, -0.25) is 4.79 Å². The summed E-state index contributed by atoms with van der Waals surface area (Å²) in [5.41, 5.74) is 8.28. The summed E-state index contributed by atoms with van der Waals surface area (Å²) in [4.78, 5) is 26.2. The van der Waals surface area contributed by atoms with Crippen LogP contribution in [-0.4, -0.2) is 72.0 Å². The molecule has 0 bridgehead atoms. The number of hydrogen-bond donors (Lipinski definition) is 3. The number of likely N-dealkylation sites (N-methyl/N-ethyl adjacent to an activating group) is 1. The molecule has 1 amide bonds. The molecular weight excluding hydrogens is 378 g/mol. The second-order valence-electron chi connectivity index (χ2n) is 8.14. The van der Waals surface area contributed by atoms with Gasteiger partial charge in [-0.15, -0.1) is 0 Å². The van der Waals surface area contributed by atoms with Gasteiger partial charge in [-0.1, -0.05) is 6.07 Å². The summed E-state index contributed by atoms with van der Waals surface area (Å²) < 4.78 is 0. The molecule has 8 nitrogen and oxygen atoms in total. The highest BCUT2D eigenvalue weighted by Crippen LogP contribution is 2.42. The SMILES string of the molecule is CN1CCN(C(=O)c2cccc(Nc3ncc(C4CC4)c(NCCCN)n3)c2)CC1. The molecule has 0 unspecified atom stereocenters. The first-order valence-electron chi connectivity index (χ1n) is 10.8. The molecule has 1 aromatic carbocycles. The van der Waals surface area contributed by atoms with Crippen LogP contribution < -0.4 is 16.4 Å². The predicted molar refractivity (Wildman–Crippen MR) is 119 cm³/mol. The van der Waals surface area contributed by atoms with E-state index < -0.39 is 0 Å². The van der Waals surface area contributed by atoms with E-state index in [9.17, 15) is 4.79 Å². The third kappa shape index (κ3) is 5.06. The fourth-order valence-electron chi connectivity index (χ4n) is 3.65. The van der Waals surface area contributed by atoms with Gasteiger partial charge in [-0.05, 0) is 57.0 Å². The van der Waals surface area contributed by atoms with E-state index >= 15 is 0 Å². The molecule has 0 radical (unpaired) electrons. The number of nitrogens with zero attached hydrogens (tertiary/aromatic N) is 4. The van der Waals surface area contributed by atoms with Crippen molar-refractivity contribution in [3.8, 4) is 0 Å². The largest absolute Gasteiger partial charge is 0.370 e. The number of carbonyl (C=O) groups excluding carboxylic acids is 1. The highest BCUT2D eigenvalue weighted by Gasteiger charge is 2.27. The van der Waals surface area contributed by atoms with Crippen molar-refractivity contribution in [3.63, 3.8) is 0 Å². The van der Waals surface area contributed by atoms with E-state index in [0.717, 1.165) is 50.6 Å². The second-order valence-corrected chi connectivity index (χ2v) is 8.14. The fraction of sp³-hybridized carbons (Fsp3) is 0.500. The van der Waals surface area contributed by atoms with E-state index in [2.05, 4.69) is 27.6 Å². The minimum Gasteiger partial charge on any atom is -0.370 e. The van der Waals surface area contributed by atoms with Crippen LogP contribution in [-0.2, 0) is 0 Å². The van der Waals surface area contributed by atoms with Gasteiger partial charge in [0.25, 0.3) is 5.91 Å². The van der Waals surface area contributed by atoms with Crippen molar-refractivity contribution < 1.29 is 4.79 Å². The molecule has 1 saturated heterocycles. The summed E-state index contributed by atoms with van der Waals surface area (Å²) >= 11 is 0. The monoisotopic (exact) mass is 409 g/mol. The summed E-state index contributed by atoms with van der Waals surface area (Å²) in [5.74, 6) is 2.04. The average molecular weight is 410 g/mol. The summed E-state index contributed by atoms with van der Waals surface area (Å²) in [6.45, 7) is 4.78. The molecule has 8 heteroatoms. The Bertz CT molecular complexity index is 876. The van der Waals surface area contributed by atoms with Gasteiger partial charge in [0.15, 0.2) is 0 Å². The van der Waals surface area contributed by atoms with Gasteiger partial charge in [0.05, 0.1) is 0 Å². The number of benzene rings is 1. The Morgan fingerprint density at radius 3 is 2.77 bits per heavy atom. The number of rotatable bonds is 8. The van der Waals surface area contributed by atoms with Crippen LogP contribution in [0.1, 0.15) is 41.1 Å². The van der Waals surface area contributed by atoms with Gasteiger partial charge in [-0.25, -0.2) is 4.98 Å². The van der Waals surface area contributed by atoms with Crippen LogP contribution in [0.2, 0.25) is 0 Å². The molecule has 2 fully saturated rings. The maximum absolute atomic E-state index is 12.9. The van der Waals surface area contributed by atoms with Gasteiger partial charge in [0.1, 0.15) is 5.82 Å². The lowest BCUT2D eigenvalue weighted by Gasteiger charge is -2.32. The van der Waals surface area contributed by atoms with E-state index in [1.54, 1.807) is 0 Å². The Hall–Kier alpha value is -2.71. The molecule has 1 saturated carbocycles. The smallest absolute Gasteiger partial charge is 0.254 e. The minimum absolute atomic E-state index is 0.0703. The van der Waals surface area contributed by atoms with Crippen LogP contribution in [0.25, 0.3) is 0 Å². The second kappa shape index (κ2) is 9.40. The van der Waals surface area contributed by atoms with Gasteiger partial charge in [-0.2, -0.15) is 4.98 Å². The summed E-state index contributed by atoms with van der Waals surface area (Å²) in [7, 11) is 2.08. The van der Waals surface area contributed by atoms with Gasteiger partial charge in [0, 0.05) is 55.7 Å². The topological polar surface area (TPSA) is 99.4 Å². The Balaban J connectivity index is 1.46. The molecule has 4 rings (SSSR count). The molecule has 2 heterocycles. The van der Waals surface area contributed by atoms with Gasteiger partial charge in [0.2, 0.25) is 5.95 Å². The van der Waals surface area contributed by atoms with Gasteiger partial charge < -0.3 is 26.2 Å². The normalized spacial score (nSPS) is 17.1. The van der Waals surface area contributed by atoms with Crippen LogP contribution in [0.4, 0.5) is 17.5 Å². The summed E-state index contributed by atoms with van der Waals surface area (Å²) in [5, 5.41) is 6.66. The molecular formula is C22H31N7O. The Morgan fingerprint density at radius 1 is 1.23 bits per heavy atom. The maximum atomic E-state index is 12.9. The molecule has 4 N–H and O–H groups in total. The number of piperazine rings is 1. The molecule has 160 valence electrons. The molecule has 2 aromatic rings. The minimum atomic E-state index is 0.0703. The highest BCUT2D eigenvalue weighted by molar-refractivity contribution is 5.95. The lowest BCUT2D eigenvalue weighted by atomic mass is 10.1. The van der Waals surface area contributed by atoms with Crippen LogP contribution in [0.3, 0.4) is 0 Å². The maximum Gasteiger partial charge on any atom is 0.254 e.